The predicted octanol–water partition coefficient (Wildman–Crippen LogP) is 2.49. The normalized spacial score (nSPS) is 13.5. The van der Waals surface area contributed by atoms with Gasteiger partial charge in [0, 0.05) is 13.0 Å². The predicted molar refractivity (Wildman–Crippen MR) is 75.2 cm³/mol. The third-order valence-corrected chi connectivity index (χ3v) is 3.48. The molecular formula is C14H28N4. The Bertz CT molecular complexity index is 330. The van der Waals surface area contributed by atoms with Crippen molar-refractivity contribution < 1.29 is 0 Å². The van der Waals surface area contributed by atoms with Crippen molar-refractivity contribution in [2.24, 2.45) is 23.5 Å². The molecule has 1 rings (SSSR count). The second-order valence-electron chi connectivity index (χ2n) is 5.91. The highest BCUT2D eigenvalue weighted by Gasteiger charge is 2.14. The van der Waals surface area contributed by atoms with Gasteiger partial charge in [0.1, 0.15) is 12.2 Å². The van der Waals surface area contributed by atoms with Gasteiger partial charge in [-0.3, -0.25) is 0 Å². The van der Waals surface area contributed by atoms with E-state index < -0.39 is 0 Å². The van der Waals surface area contributed by atoms with Crippen LogP contribution in [0.5, 0.6) is 0 Å². The summed E-state index contributed by atoms with van der Waals surface area (Å²) in [6.07, 6.45) is 5.12. The van der Waals surface area contributed by atoms with E-state index in [4.69, 9.17) is 5.73 Å². The van der Waals surface area contributed by atoms with Crippen LogP contribution in [0.3, 0.4) is 0 Å². The smallest absolute Gasteiger partial charge is 0.132 e. The largest absolute Gasteiger partial charge is 0.330 e. The first-order chi connectivity index (χ1) is 8.54. The summed E-state index contributed by atoms with van der Waals surface area (Å²) in [4.78, 5) is 0. The third kappa shape index (κ3) is 4.77. The molecule has 1 aromatic heterocycles. The van der Waals surface area contributed by atoms with Crippen LogP contribution in [0.15, 0.2) is 6.33 Å². The van der Waals surface area contributed by atoms with Crippen molar-refractivity contribution in [3.8, 4) is 0 Å². The van der Waals surface area contributed by atoms with Crippen LogP contribution >= 0.6 is 0 Å². The zero-order valence-electron chi connectivity index (χ0n) is 12.3. The van der Waals surface area contributed by atoms with Gasteiger partial charge in [-0.2, -0.15) is 0 Å². The van der Waals surface area contributed by atoms with E-state index in [-0.39, 0.29) is 0 Å². The van der Waals surface area contributed by atoms with Gasteiger partial charge in [0.2, 0.25) is 0 Å². The molecular weight excluding hydrogens is 224 g/mol. The molecule has 0 saturated heterocycles. The molecule has 1 atom stereocenters. The molecule has 2 N–H and O–H groups in total. The molecule has 0 aromatic carbocycles. The maximum absolute atomic E-state index is 5.68. The molecule has 0 bridgehead atoms. The van der Waals surface area contributed by atoms with Crippen molar-refractivity contribution in [1.29, 1.82) is 0 Å². The lowest BCUT2D eigenvalue weighted by atomic mass is 9.88. The Balaban J connectivity index is 2.53. The first-order valence-corrected chi connectivity index (χ1v) is 7.11. The van der Waals surface area contributed by atoms with Crippen molar-refractivity contribution in [1.82, 2.24) is 14.8 Å². The first-order valence-electron chi connectivity index (χ1n) is 7.11. The number of aromatic nitrogens is 3. The van der Waals surface area contributed by atoms with Crippen LogP contribution in [0.1, 0.15) is 46.4 Å². The van der Waals surface area contributed by atoms with Crippen molar-refractivity contribution >= 4 is 0 Å². The molecule has 1 aromatic rings. The standard InChI is InChI=1S/C14H28N4/c1-11(2)9-18-10-16-17-14(18)6-5-13(7-8-15)12(3)4/h10-13H,5-9,15H2,1-4H3. The highest BCUT2D eigenvalue weighted by molar-refractivity contribution is 4.87. The Morgan fingerprint density at radius 2 is 1.94 bits per heavy atom. The Labute approximate surface area is 111 Å². The maximum atomic E-state index is 5.68. The molecule has 0 aliphatic rings. The minimum absolute atomic E-state index is 0.629. The van der Waals surface area contributed by atoms with Gasteiger partial charge in [0.15, 0.2) is 0 Å². The minimum Gasteiger partial charge on any atom is -0.330 e. The molecule has 0 amide bonds. The third-order valence-electron chi connectivity index (χ3n) is 3.48. The number of hydrogen-bond acceptors (Lipinski definition) is 3. The SMILES string of the molecule is CC(C)Cn1cnnc1CCC(CCN)C(C)C. The average Bonchev–Trinajstić information content (AvgIpc) is 2.70. The lowest BCUT2D eigenvalue weighted by molar-refractivity contribution is 0.336. The minimum atomic E-state index is 0.629. The van der Waals surface area contributed by atoms with E-state index >= 15 is 0 Å². The maximum Gasteiger partial charge on any atom is 0.132 e. The second-order valence-corrected chi connectivity index (χ2v) is 5.91. The van der Waals surface area contributed by atoms with E-state index in [1.807, 2.05) is 6.33 Å². The molecule has 0 aliphatic carbocycles. The molecule has 18 heavy (non-hydrogen) atoms. The molecule has 0 fully saturated rings. The van der Waals surface area contributed by atoms with Gasteiger partial charge in [0.05, 0.1) is 0 Å². The summed E-state index contributed by atoms with van der Waals surface area (Å²) in [6, 6.07) is 0. The highest BCUT2D eigenvalue weighted by atomic mass is 15.3. The van der Waals surface area contributed by atoms with Crippen LogP contribution in [-0.4, -0.2) is 21.3 Å². The number of nitrogens with two attached hydrogens (primary N) is 1. The molecule has 0 saturated carbocycles. The molecule has 4 heteroatoms. The fourth-order valence-electron chi connectivity index (χ4n) is 2.36. The van der Waals surface area contributed by atoms with Crippen LogP contribution in [-0.2, 0) is 13.0 Å². The van der Waals surface area contributed by atoms with E-state index in [1.54, 1.807) is 0 Å². The summed E-state index contributed by atoms with van der Waals surface area (Å²) in [5, 5.41) is 8.27. The van der Waals surface area contributed by atoms with E-state index in [1.165, 1.54) is 0 Å². The number of hydrogen-bond donors (Lipinski definition) is 1. The van der Waals surface area contributed by atoms with Crippen molar-refractivity contribution in [3.05, 3.63) is 12.2 Å². The Morgan fingerprint density at radius 1 is 1.22 bits per heavy atom. The molecule has 104 valence electrons. The average molecular weight is 252 g/mol. The van der Waals surface area contributed by atoms with E-state index in [0.717, 1.165) is 38.2 Å². The van der Waals surface area contributed by atoms with Gasteiger partial charge in [0.25, 0.3) is 0 Å². The van der Waals surface area contributed by atoms with E-state index in [9.17, 15) is 0 Å². The van der Waals surface area contributed by atoms with Gasteiger partial charge in [-0.15, -0.1) is 10.2 Å². The van der Waals surface area contributed by atoms with Gasteiger partial charge < -0.3 is 10.3 Å². The van der Waals surface area contributed by atoms with Crippen LogP contribution in [0, 0.1) is 17.8 Å². The summed E-state index contributed by atoms with van der Waals surface area (Å²) in [5.41, 5.74) is 5.68. The molecule has 0 aliphatic heterocycles. The molecule has 0 radical (unpaired) electrons. The Kier molecular flexibility index (Phi) is 6.33. The lowest BCUT2D eigenvalue weighted by Gasteiger charge is -2.20. The van der Waals surface area contributed by atoms with Gasteiger partial charge in [-0.1, -0.05) is 27.7 Å². The summed E-state index contributed by atoms with van der Waals surface area (Å²) >= 11 is 0. The van der Waals surface area contributed by atoms with Crippen LogP contribution in [0.4, 0.5) is 0 Å². The van der Waals surface area contributed by atoms with E-state index in [0.29, 0.717) is 17.8 Å². The monoisotopic (exact) mass is 252 g/mol. The number of aryl methyl sites for hydroxylation is 1. The van der Waals surface area contributed by atoms with Crippen LogP contribution in [0.2, 0.25) is 0 Å². The zero-order valence-corrected chi connectivity index (χ0v) is 12.3. The summed E-state index contributed by atoms with van der Waals surface area (Å²) < 4.78 is 2.19. The van der Waals surface area contributed by atoms with Gasteiger partial charge in [-0.05, 0) is 37.1 Å². The second kappa shape index (κ2) is 7.52. The van der Waals surface area contributed by atoms with Crippen LogP contribution < -0.4 is 5.73 Å². The number of nitrogens with zero attached hydrogens (tertiary/aromatic N) is 3. The lowest BCUT2D eigenvalue weighted by Crippen LogP contribution is -2.16. The first kappa shape index (κ1) is 15.2. The highest BCUT2D eigenvalue weighted by Crippen LogP contribution is 2.20. The number of rotatable bonds is 8. The van der Waals surface area contributed by atoms with Gasteiger partial charge in [-0.25, -0.2) is 0 Å². The molecule has 0 spiro atoms. The Hall–Kier alpha value is -0.900. The fourth-order valence-corrected chi connectivity index (χ4v) is 2.36. The fraction of sp³-hybridized carbons (Fsp3) is 0.857. The van der Waals surface area contributed by atoms with Gasteiger partial charge >= 0.3 is 0 Å². The molecule has 1 unspecified atom stereocenters. The van der Waals surface area contributed by atoms with E-state index in [2.05, 4.69) is 42.5 Å². The quantitative estimate of drug-likeness (QED) is 0.773. The topological polar surface area (TPSA) is 56.7 Å². The molecule has 1 heterocycles. The summed E-state index contributed by atoms with van der Waals surface area (Å²) in [6.45, 7) is 10.8. The van der Waals surface area contributed by atoms with Crippen LogP contribution in [0.25, 0.3) is 0 Å². The van der Waals surface area contributed by atoms with Crippen molar-refractivity contribution in [3.63, 3.8) is 0 Å². The Morgan fingerprint density at radius 3 is 2.50 bits per heavy atom. The van der Waals surface area contributed by atoms with Crippen molar-refractivity contribution in [2.45, 2.75) is 53.5 Å². The summed E-state index contributed by atoms with van der Waals surface area (Å²) in [7, 11) is 0. The summed E-state index contributed by atoms with van der Waals surface area (Å²) in [5.74, 6) is 3.13. The zero-order chi connectivity index (χ0) is 13.5. The van der Waals surface area contributed by atoms with Crippen molar-refractivity contribution in [2.75, 3.05) is 6.54 Å². The molecule has 4 nitrogen and oxygen atoms in total.